The summed E-state index contributed by atoms with van der Waals surface area (Å²) in [5, 5.41) is 0.639. The fourth-order valence-electron chi connectivity index (χ4n) is 1.29. The minimum absolute atomic E-state index is 0.118. The van der Waals surface area contributed by atoms with Crippen LogP contribution in [0.4, 0.5) is 0 Å². The highest BCUT2D eigenvalue weighted by molar-refractivity contribution is 6.32. The first kappa shape index (κ1) is 10.4. The first-order valence-electron chi connectivity index (χ1n) is 4.22. The highest BCUT2D eigenvalue weighted by atomic mass is 35.5. The summed E-state index contributed by atoms with van der Waals surface area (Å²) in [4.78, 5) is 0. The third-order valence-electron chi connectivity index (χ3n) is 1.79. The minimum atomic E-state index is 0.118. The quantitative estimate of drug-likeness (QED) is 0.811. The van der Waals surface area contributed by atoms with Gasteiger partial charge in [0.25, 0.3) is 0 Å². The van der Waals surface area contributed by atoms with E-state index in [2.05, 4.69) is 0 Å². The third-order valence-corrected chi connectivity index (χ3v) is 2.09. The van der Waals surface area contributed by atoms with Crippen LogP contribution >= 0.6 is 11.6 Å². The van der Waals surface area contributed by atoms with E-state index in [1.807, 2.05) is 25.1 Å². The molecule has 1 aromatic carbocycles. The van der Waals surface area contributed by atoms with Crippen LogP contribution in [0.15, 0.2) is 18.2 Å². The van der Waals surface area contributed by atoms with Crippen molar-refractivity contribution in [3.8, 4) is 5.75 Å². The molecule has 0 unspecified atom stereocenters. The molecule has 72 valence electrons. The van der Waals surface area contributed by atoms with Gasteiger partial charge in [0.05, 0.1) is 12.1 Å². The predicted molar refractivity (Wildman–Crippen MR) is 55.4 cm³/mol. The molecular formula is C10H14ClNO. The predicted octanol–water partition coefficient (Wildman–Crippen LogP) is 2.24. The lowest BCUT2D eigenvalue weighted by Gasteiger charge is -2.11. The largest absolute Gasteiger partial charge is 0.495 e. The van der Waals surface area contributed by atoms with Gasteiger partial charge in [-0.2, -0.15) is 0 Å². The van der Waals surface area contributed by atoms with Gasteiger partial charge in [-0.15, -0.1) is 0 Å². The first-order chi connectivity index (χ1) is 6.15. The Bertz CT molecular complexity index is 286. The molecule has 1 aromatic rings. The van der Waals surface area contributed by atoms with Gasteiger partial charge in [0.1, 0.15) is 5.75 Å². The van der Waals surface area contributed by atoms with Gasteiger partial charge in [-0.25, -0.2) is 0 Å². The van der Waals surface area contributed by atoms with Crippen LogP contribution in [0.5, 0.6) is 5.75 Å². The van der Waals surface area contributed by atoms with Crippen molar-refractivity contribution in [2.75, 3.05) is 7.11 Å². The van der Waals surface area contributed by atoms with Crippen molar-refractivity contribution in [3.05, 3.63) is 28.8 Å². The lowest BCUT2D eigenvalue weighted by Crippen LogP contribution is -2.18. The number of benzene rings is 1. The molecule has 0 aliphatic heterocycles. The molecule has 0 amide bonds. The number of methoxy groups -OCH3 is 1. The topological polar surface area (TPSA) is 35.2 Å². The smallest absolute Gasteiger partial charge is 0.140 e. The van der Waals surface area contributed by atoms with E-state index in [-0.39, 0.29) is 6.04 Å². The number of hydrogen-bond donors (Lipinski definition) is 1. The van der Waals surface area contributed by atoms with Gasteiger partial charge < -0.3 is 10.5 Å². The van der Waals surface area contributed by atoms with E-state index in [0.29, 0.717) is 5.02 Å². The van der Waals surface area contributed by atoms with Crippen LogP contribution < -0.4 is 10.5 Å². The van der Waals surface area contributed by atoms with Crippen LogP contribution in [0, 0.1) is 0 Å². The van der Waals surface area contributed by atoms with Crippen molar-refractivity contribution < 1.29 is 4.74 Å². The molecule has 1 atom stereocenters. The van der Waals surface area contributed by atoms with Crippen LogP contribution in [0.1, 0.15) is 12.5 Å². The summed E-state index contributed by atoms with van der Waals surface area (Å²) < 4.78 is 5.19. The summed E-state index contributed by atoms with van der Waals surface area (Å²) in [6.45, 7) is 1.96. The average Bonchev–Trinajstić information content (AvgIpc) is 2.03. The van der Waals surface area contributed by atoms with Crippen molar-refractivity contribution in [2.45, 2.75) is 19.4 Å². The molecule has 0 saturated carbocycles. The van der Waals surface area contributed by atoms with Crippen molar-refractivity contribution in [1.29, 1.82) is 0 Å². The minimum Gasteiger partial charge on any atom is -0.495 e. The Kier molecular flexibility index (Phi) is 3.58. The lowest BCUT2D eigenvalue weighted by atomic mass is 10.1. The Morgan fingerprint density at radius 1 is 1.54 bits per heavy atom. The molecule has 2 N–H and O–H groups in total. The maximum Gasteiger partial charge on any atom is 0.140 e. The fourth-order valence-corrected chi connectivity index (χ4v) is 1.56. The summed E-state index contributed by atoms with van der Waals surface area (Å²) in [6.07, 6.45) is 0.781. The monoisotopic (exact) mass is 199 g/mol. The molecule has 3 heteroatoms. The molecule has 0 saturated heterocycles. The van der Waals surface area contributed by atoms with Crippen LogP contribution in [0.2, 0.25) is 5.02 Å². The zero-order valence-corrected chi connectivity index (χ0v) is 8.64. The van der Waals surface area contributed by atoms with E-state index >= 15 is 0 Å². The zero-order valence-electron chi connectivity index (χ0n) is 7.88. The number of para-hydroxylation sites is 1. The first-order valence-corrected chi connectivity index (χ1v) is 4.60. The van der Waals surface area contributed by atoms with E-state index in [4.69, 9.17) is 22.1 Å². The van der Waals surface area contributed by atoms with E-state index in [0.717, 1.165) is 17.7 Å². The molecule has 13 heavy (non-hydrogen) atoms. The Morgan fingerprint density at radius 3 is 2.77 bits per heavy atom. The molecule has 0 fully saturated rings. The molecule has 0 radical (unpaired) electrons. The van der Waals surface area contributed by atoms with Gasteiger partial charge >= 0.3 is 0 Å². The SMILES string of the molecule is COc1c(Cl)cccc1C[C@@H](C)N. The summed E-state index contributed by atoms with van der Waals surface area (Å²) in [5.41, 5.74) is 6.76. The van der Waals surface area contributed by atoms with Gasteiger partial charge in [0.2, 0.25) is 0 Å². The Labute approximate surface area is 83.6 Å². The lowest BCUT2D eigenvalue weighted by molar-refractivity contribution is 0.408. The molecule has 0 aromatic heterocycles. The van der Waals surface area contributed by atoms with Gasteiger partial charge in [0, 0.05) is 6.04 Å². The Morgan fingerprint density at radius 2 is 2.23 bits per heavy atom. The standard InChI is InChI=1S/C10H14ClNO/c1-7(12)6-8-4-3-5-9(11)10(8)13-2/h3-5,7H,6,12H2,1-2H3/t7-/m1/s1. The molecule has 0 spiro atoms. The zero-order chi connectivity index (χ0) is 9.84. The van der Waals surface area contributed by atoms with Gasteiger partial charge in [-0.3, -0.25) is 0 Å². The van der Waals surface area contributed by atoms with Crippen molar-refractivity contribution in [3.63, 3.8) is 0 Å². The molecule has 2 nitrogen and oxygen atoms in total. The molecular weight excluding hydrogens is 186 g/mol. The van der Waals surface area contributed by atoms with Crippen LogP contribution in [0.3, 0.4) is 0 Å². The van der Waals surface area contributed by atoms with E-state index in [1.165, 1.54) is 0 Å². The third kappa shape index (κ3) is 2.61. The number of halogens is 1. The molecule has 0 heterocycles. The summed E-state index contributed by atoms with van der Waals surface area (Å²) in [7, 11) is 1.62. The maximum atomic E-state index is 5.95. The van der Waals surface area contributed by atoms with Crippen molar-refractivity contribution in [1.82, 2.24) is 0 Å². The van der Waals surface area contributed by atoms with Gasteiger partial charge in [-0.1, -0.05) is 23.7 Å². The molecule has 0 aliphatic carbocycles. The molecule has 1 rings (SSSR count). The van der Waals surface area contributed by atoms with Crippen molar-refractivity contribution >= 4 is 11.6 Å². The highest BCUT2D eigenvalue weighted by Crippen LogP contribution is 2.28. The van der Waals surface area contributed by atoms with Crippen molar-refractivity contribution in [2.24, 2.45) is 5.73 Å². The Hall–Kier alpha value is -0.730. The van der Waals surface area contributed by atoms with Crippen LogP contribution in [-0.4, -0.2) is 13.2 Å². The van der Waals surface area contributed by atoms with E-state index < -0.39 is 0 Å². The van der Waals surface area contributed by atoms with Gasteiger partial charge in [0.15, 0.2) is 0 Å². The van der Waals surface area contributed by atoms with E-state index in [1.54, 1.807) is 7.11 Å². The number of ether oxygens (including phenoxy) is 1. The second kappa shape index (κ2) is 4.49. The summed E-state index contributed by atoms with van der Waals surface area (Å²) in [5.74, 6) is 0.737. The van der Waals surface area contributed by atoms with Crippen LogP contribution in [-0.2, 0) is 6.42 Å². The number of hydrogen-bond acceptors (Lipinski definition) is 2. The normalized spacial score (nSPS) is 12.6. The number of nitrogens with two attached hydrogens (primary N) is 1. The highest BCUT2D eigenvalue weighted by Gasteiger charge is 2.08. The van der Waals surface area contributed by atoms with E-state index in [9.17, 15) is 0 Å². The molecule has 0 bridgehead atoms. The summed E-state index contributed by atoms with van der Waals surface area (Å²) >= 11 is 5.95. The Balaban J connectivity index is 2.98. The fraction of sp³-hybridized carbons (Fsp3) is 0.400. The maximum absolute atomic E-state index is 5.95. The molecule has 0 aliphatic rings. The average molecular weight is 200 g/mol. The second-order valence-electron chi connectivity index (χ2n) is 3.11. The second-order valence-corrected chi connectivity index (χ2v) is 3.52. The van der Waals surface area contributed by atoms with Gasteiger partial charge in [-0.05, 0) is 25.0 Å². The number of rotatable bonds is 3. The van der Waals surface area contributed by atoms with Crippen LogP contribution in [0.25, 0.3) is 0 Å². The summed E-state index contributed by atoms with van der Waals surface area (Å²) in [6, 6.07) is 5.81.